The van der Waals surface area contributed by atoms with E-state index in [2.05, 4.69) is 23.5 Å². The average Bonchev–Trinajstić information content (AvgIpc) is 2.76. The van der Waals surface area contributed by atoms with Gasteiger partial charge in [0.25, 0.3) is 0 Å². The molecule has 0 spiro atoms. The van der Waals surface area contributed by atoms with Crippen LogP contribution < -0.4 is 9.46 Å². The van der Waals surface area contributed by atoms with Crippen LogP contribution in [-0.4, -0.2) is 39.6 Å². The molecular weight excluding hydrogens is 384 g/mol. The molecule has 2 aromatic rings. The Morgan fingerprint density at radius 2 is 1.72 bits per heavy atom. The Hall–Kier alpha value is -2.15. The van der Waals surface area contributed by atoms with Gasteiger partial charge in [0, 0.05) is 13.1 Å². The summed E-state index contributed by atoms with van der Waals surface area (Å²) in [5, 5.41) is 0. The number of aryl methyl sites for hydroxylation is 1. The highest BCUT2D eigenvalue weighted by Crippen LogP contribution is 2.26. The van der Waals surface area contributed by atoms with Crippen LogP contribution >= 0.6 is 0 Å². The smallest absolute Gasteiger partial charge is 0.237 e. The van der Waals surface area contributed by atoms with Gasteiger partial charge in [-0.05, 0) is 60.8 Å². The number of ether oxygens (including phenoxy) is 1. The first kappa shape index (κ1) is 21.6. The van der Waals surface area contributed by atoms with Gasteiger partial charge in [0.1, 0.15) is 12.4 Å². The predicted molar refractivity (Wildman–Crippen MR) is 118 cm³/mol. The highest BCUT2D eigenvalue weighted by atomic mass is 32.2. The molecule has 1 aliphatic rings. The molecule has 0 aliphatic heterocycles. The lowest BCUT2D eigenvalue weighted by atomic mass is 9.98. The minimum Gasteiger partial charge on any atom is -0.492 e. The van der Waals surface area contributed by atoms with Crippen LogP contribution in [0.4, 0.5) is 0 Å². The van der Waals surface area contributed by atoms with Gasteiger partial charge in [0.2, 0.25) is 10.0 Å². The Morgan fingerprint density at radius 1 is 1.00 bits per heavy atom. The van der Waals surface area contributed by atoms with Crippen LogP contribution in [0.2, 0.25) is 0 Å². The van der Waals surface area contributed by atoms with Crippen LogP contribution in [0.3, 0.4) is 0 Å². The van der Waals surface area contributed by atoms with Crippen molar-refractivity contribution in [3.63, 3.8) is 0 Å². The molecule has 5 nitrogen and oxygen atoms in total. The number of likely N-dealkylation sites (N-methyl/N-ethyl adjacent to an activating group) is 1. The first-order valence-corrected chi connectivity index (χ1v) is 11.7. The van der Waals surface area contributed by atoms with Crippen molar-refractivity contribution < 1.29 is 13.2 Å². The van der Waals surface area contributed by atoms with Gasteiger partial charge < -0.3 is 9.64 Å². The number of hydrogen-bond acceptors (Lipinski definition) is 4. The molecule has 0 radical (unpaired) electrons. The fourth-order valence-corrected chi connectivity index (χ4v) is 4.62. The lowest BCUT2D eigenvalue weighted by molar-refractivity contribution is 0.223. The molecule has 0 heterocycles. The van der Waals surface area contributed by atoms with E-state index in [4.69, 9.17) is 4.74 Å². The van der Waals surface area contributed by atoms with E-state index in [1.54, 1.807) is 6.08 Å². The maximum absolute atomic E-state index is 12.7. The fraction of sp³-hybridized carbons (Fsp3) is 0.391. The molecule has 29 heavy (non-hydrogen) atoms. The Morgan fingerprint density at radius 3 is 2.45 bits per heavy atom. The standard InChI is InChI=1S/C23H30N2O3S/c1-3-25(4-2)15-16-28-22-12-9-19(10-13-22)18-24-29(26,27)23-14-11-20-7-5-6-8-21(20)17-23/h5-10,12-13,17,24H,3-4,11,14-16,18H2,1-2H3. The Bertz CT molecular complexity index is 933. The molecule has 3 rings (SSSR count). The molecular formula is C23H30N2O3S. The SMILES string of the molecule is CCN(CC)CCOc1ccc(CNS(=O)(=O)C2=Cc3ccccc3CC2)cc1. The van der Waals surface area contributed by atoms with E-state index in [1.807, 2.05) is 48.5 Å². The van der Waals surface area contributed by atoms with Crippen molar-refractivity contribution in [3.05, 3.63) is 70.1 Å². The van der Waals surface area contributed by atoms with E-state index < -0.39 is 10.0 Å². The van der Waals surface area contributed by atoms with Gasteiger partial charge in [-0.1, -0.05) is 50.2 Å². The molecule has 1 N–H and O–H groups in total. The monoisotopic (exact) mass is 414 g/mol. The molecule has 0 unspecified atom stereocenters. The van der Waals surface area contributed by atoms with Gasteiger partial charge in [-0.15, -0.1) is 0 Å². The number of nitrogens with one attached hydrogen (secondary N) is 1. The van der Waals surface area contributed by atoms with Crippen LogP contribution in [0.15, 0.2) is 53.4 Å². The lowest BCUT2D eigenvalue weighted by Crippen LogP contribution is -2.27. The van der Waals surface area contributed by atoms with Gasteiger partial charge >= 0.3 is 0 Å². The van der Waals surface area contributed by atoms with Gasteiger partial charge in [0.15, 0.2) is 0 Å². The topological polar surface area (TPSA) is 58.6 Å². The third-order valence-electron chi connectivity index (χ3n) is 5.32. The van der Waals surface area contributed by atoms with E-state index in [9.17, 15) is 8.42 Å². The second-order valence-electron chi connectivity index (χ2n) is 7.15. The maximum atomic E-state index is 12.7. The zero-order chi connectivity index (χ0) is 20.7. The maximum Gasteiger partial charge on any atom is 0.237 e. The number of benzene rings is 2. The summed E-state index contributed by atoms with van der Waals surface area (Å²) in [6.07, 6.45) is 3.07. The summed E-state index contributed by atoms with van der Waals surface area (Å²) in [7, 11) is -3.49. The average molecular weight is 415 g/mol. The van der Waals surface area contributed by atoms with Crippen molar-refractivity contribution in [1.82, 2.24) is 9.62 Å². The Balaban J connectivity index is 1.54. The van der Waals surface area contributed by atoms with Crippen LogP contribution in [0.25, 0.3) is 6.08 Å². The number of nitrogens with zero attached hydrogens (tertiary/aromatic N) is 1. The van der Waals surface area contributed by atoms with Crippen molar-refractivity contribution >= 4 is 16.1 Å². The third-order valence-corrected chi connectivity index (χ3v) is 6.85. The Labute approximate surface area is 174 Å². The van der Waals surface area contributed by atoms with Crippen molar-refractivity contribution in [1.29, 1.82) is 0 Å². The van der Waals surface area contributed by atoms with Gasteiger partial charge in [-0.25, -0.2) is 13.1 Å². The number of fused-ring (bicyclic) bond motifs is 1. The molecule has 0 aromatic heterocycles. The minimum absolute atomic E-state index is 0.265. The summed E-state index contributed by atoms with van der Waals surface area (Å²) in [6.45, 7) is 8.11. The zero-order valence-corrected chi connectivity index (χ0v) is 18.0. The molecule has 0 amide bonds. The largest absolute Gasteiger partial charge is 0.492 e. The molecule has 0 saturated carbocycles. The van der Waals surface area contributed by atoms with E-state index in [1.165, 1.54) is 5.56 Å². The highest BCUT2D eigenvalue weighted by molar-refractivity contribution is 7.93. The number of sulfonamides is 1. The number of rotatable bonds is 10. The second kappa shape index (κ2) is 10.1. The summed E-state index contributed by atoms with van der Waals surface area (Å²) < 4.78 is 33.9. The molecule has 0 atom stereocenters. The molecule has 0 bridgehead atoms. The molecule has 0 fully saturated rings. The van der Waals surface area contributed by atoms with Crippen LogP contribution in [0.5, 0.6) is 5.75 Å². The first-order chi connectivity index (χ1) is 14.0. The highest BCUT2D eigenvalue weighted by Gasteiger charge is 2.21. The van der Waals surface area contributed by atoms with Crippen LogP contribution in [0.1, 0.15) is 37.0 Å². The molecule has 6 heteroatoms. The molecule has 2 aromatic carbocycles. The zero-order valence-electron chi connectivity index (χ0n) is 17.2. The van der Waals surface area contributed by atoms with Gasteiger partial charge in [-0.2, -0.15) is 0 Å². The summed E-state index contributed by atoms with van der Waals surface area (Å²) in [6, 6.07) is 15.5. The third kappa shape index (κ3) is 5.92. The summed E-state index contributed by atoms with van der Waals surface area (Å²) in [4.78, 5) is 2.76. The van der Waals surface area contributed by atoms with Crippen LogP contribution in [0, 0.1) is 0 Å². The fourth-order valence-electron chi connectivity index (χ4n) is 3.43. The molecule has 0 saturated heterocycles. The van der Waals surface area contributed by atoms with Crippen molar-refractivity contribution in [3.8, 4) is 5.75 Å². The van der Waals surface area contributed by atoms with Gasteiger partial charge in [-0.3, -0.25) is 0 Å². The van der Waals surface area contributed by atoms with E-state index in [0.29, 0.717) is 17.9 Å². The first-order valence-electron chi connectivity index (χ1n) is 10.2. The molecule has 1 aliphatic carbocycles. The van der Waals surface area contributed by atoms with E-state index in [0.717, 1.165) is 42.9 Å². The normalized spacial score (nSPS) is 13.8. The van der Waals surface area contributed by atoms with Gasteiger partial charge in [0.05, 0.1) is 4.91 Å². The van der Waals surface area contributed by atoms with E-state index >= 15 is 0 Å². The summed E-state index contributed by atoms with van der Waals surface area (Å²) in [5.74, 6) is 0.801. The quantitative estimate of drug-likeness (QED) is 0.642. The second-order valence-corrected chi connectivity index (χ2v) is 8.97. The lowest BCUT2D eigenvalue weighted by Gasteiger charge is -2.18. The number of hydrogen-bond donors (Lipinski definition) is 1. The minimum atomic E-state index is -3.49. The predicted octanol–water partition coefficient (Wildman–Crippen LogP) is 3.81. The van der Waals surface area contributed by atoms with Crippen molar-refractivity contribution in [2.24, 2.45) is 0 Å². The Kier molecular flexibility index (Phi) is 7.47. The summed E-state index contributed by atoms with van der Waals surface area (Å²) in [5.41, 5.74) is 3.09. The van der Waals surface area contributed by atoms with Crippen molar-refractivity contribution in [2.45, 2.75) is 33.2 Å². The van der Waals surface area contributed by atoms with E-state index in [-0.39, 0.29) is 6.54 Å². The number of allylic oxidation sites excluding steroid dienone is 1. The summed E-state index contributed by atoms with van der Waals surface area (Å²) >= 11 is 0. The van der Waals surface area contributed by atoms with Crippen molar-refractivity contribution in [2.75, 3.05) is 26.2 Å². The molecule has 156 valence electrons. The van der Waals surface area contributed by atoms with Crippen LogP contribution in [-0.2, 0) is 23.0 Å².